The molecule has 0 radical (unpaired) electrons. The number of carbonyl (C=O) groups is 1. The summed E-state index contributed by atoms with van der Waals surface area (Å²) in [6.07, 6.45) is 3.28. The van der Waals surface area contributed by atoms with Crippen LogP contribution in [0.4, 0.5) is 4.39 Å². The zero-order chi connectivity index (χ0) is 20.6. The lowest BCUT2D eigenvalue weighted by molar-refractivity contribution is -0.157. The van der Waals surface area contributed by atoms with Crippen LogP contribution in [-0.4, -0.2) is 23.0 Å². The van der Waals surface area contributed by atoms with E-state index in [1.165, 1.54) is 19.1 Å². The van der Waals surface area contributed by atoms with Crippen LogP contribution < -0.4 is 0 Å². The molecule has 29 heavy (non-hydrogen) atoms. The van der Waals surface area contributed by atoms with E-state index in [1.807, 2.05) is 25.1 Å². The number of ether oxygens (including phenoxy) is 2. The maximum absolute atomic E-state index is 13.3. The fraction of sp³-hybridized carbons (Fsp3) is 0.375. The van der Waals surface area contributed by atoms with Gasteiger partial charge in [0.05, 0.1) is 5.57 Å². The summed E-state index contributed by atoms with van der Waals surface area (Å²) in [5.41, 5.74) is 3.23. The van der Waals surface area contributed by atoms with Gasteiger partial charge in [-0.05, 0) is 60.2 Å². The smallest absolute Gasteiger partial charge is 0.307 e. The minimum absolute atomic E-state index is 0.292. The van der Waals surface area contributed by atoms with E-state index >= 15 is 0 Å². The van der Waals surface area contributed by atoms with Gasteiger partial charge in [0.1, 0.15) is 17.2 Å². The van der Waals surface area contributed by atoms with Crippen molar-refractivity contribution in [3.05, 3.63) is 65.2 Å². The molecular weight excluding hydrogens is 371 g/mol. The SMILES string of the molecule is CC(=O)OC1=C(c2cc(-c3ccc(F)cc3)ccc2C)C(O)OC12CCCCC2. The Hall–Kier alpha value is -2.50. The molecule has 0 bridgehead atoms. The van der Waals surface area contributed by atoms with Gasteiger partial charge in [0.15, 0.2) is 6.29 Å². The minimum Gasteiger partial charge on any atom is -0.428 e. The molecule has 1 N–H and O–H groups in total. The third kappa shape index (κ3) is 3.72. The second-order valence-corrected chi connectivity index (χ2v) is 7.90. The Labute approximate surface area is 170 Å². The zero-order valence-electron chi connectivity index (χ0n) is 16.7. The van der Waals surface area contributed by atoms with Crippen LogP contribution in [0, 0.1) is 12.7 Å². The maximum Gasteiger partial charge on any atom is 0.307 e. The van der Waals surface area contributed by atoms with E-state index in [-0.39, 0.29) is 5.82 Å². The van der Waals surface area contributed by atoms with Gasteiger partial charge >= 0.3 is 5.97 Å². The molecule has 1 atom stereocenters. The Morgan fingerprint density at radius 2 is 1.76 bits per heavy atom. The minimum atomic E-state index is -1.16. The molecule has 1 aliphatic heterocycles. The van der Waals surface area contributed by atoms with E-state index in [1.54, 1.807) is 12.1 Å². The van der Waals surface area contributed by atoms with Gasteiger partial charge in [0, 0.05) is 6.92 Å². The van der Waals surface area contributed by atoms with Crippen molar-refractivity contribution in [2.75, 3.05) is 0 Å². The first-order valence-electron chi connectivity index (χ1n) is 10.1. The van der Waals surface area contributed by atoms with Crippen molar-refractivity contribution in [1.29, 1.82) is 0 Å². The molecule has 1 spiro atoms. The molecule has 2 aliphatic rings. The molecule has 1 fully saturated rings. The zero-order valence-corrected chi connectivity index (χ0v) is 16.7. The molecule has 2 aromatic rings. The third-order valence-corrected chi connectivity index (χ3v) is 5.85. The predicted molar refractivity (Wildman–Crippen MR) is 108 cm³/mol. The average Bonchev–Trinajstić information content (AvgIpc) is 2.94. The molecule has 1 saturated carbocycles. The topological polar surface area (TPSA) is 55.8 Å². The van der Waals surface area contributed by atoms with Gasteiger partial charge < -0.3 is 14.6 Å². The Kier molecular flexibility index (Phi) is 5.28. The number of aliphatic hydroxyl groups is 1. The van der Waals surface area contributed by atoms with Gasteiger partial charge in [-0.15, -0.1) is 0 Å². The quantitative estimate of drug-likeness (QED) is 0.731. The second kappa shape index (κ2) is 7.73. The van der Waals surface area contributed by atoms with Gasteiger partial charge in [0.25, 0.3) is 0 Å². The number of esters is 1. The first kappa shape index (κ1) is 19.8. The molecule has 2 aromatic carbocycles. The van der Waals surface area contributed by atoms with E-state index in [2.05, 4.69) is 0 Å². The maximum atomic E-state index is 13.3. The van der Waals surface area contributed by atoms with Crippen LogP contribution >= 0.6 is 0 Å². The fourth-order valence-corrected chi connectivity index (χ4v) is 4.43. The molecule has 5 heteroatoms. The van der Waals surface area contributed by atoms with Crippen molar-refractivity contribution in [3.8, 4) is 11.1 Å². The van der Waals surface area contributed by atoms with Gasteiger partial charge in [0.2, 0.25) is 0 Å². The largest absolute Gasteiger partial charge is 0.428 e. The summed E-state index contributed by atoms with van der Waals surface area (Å²) in [5.74, 6) is -0.274. The lowest BCUT2D eigenvalue weighted by Gasteiger charge is -2.34. The van der Waals surface area contributed by atoms with Crippen LogP contribution in [0.5, 0.6) is 0 Å². The summed E-state index contributed by atoms with van der Waals surface area (Å²) in [6, 6.07) is 12.1. The molecule has 1 unspecified atom stereocenters. The molecule has 0 amide bonds. The van der Waals surface area contributed by atoms with Crippen molar-refractivity contribution < 1.29 is 23.8 Å². The van der Waals surface area contributed by atoms with E-state index < -0.39 is 17.9 Å². The number of aryl methyl sites for hydroxylation is 1. The Morgan fingerprint density at radius 3 is 2.41 bits per heavy atom. The van der Waals surface area contributed by atoms with Crippen molar-refractivity contribution >= 4 is 11.5 Å². The van der Waals surface area contributed by atoms with Gasteiger partial charge in [-0.1, -0.05) is 43.5 Å². The van der Waals surface area contributed by atoms with Crippen LogP contribution in [0.1, 0.15) is 50.2 Å². The van der Waals surface area contributed by atoms with Gasteiger partial charge in [-0.2, -0.15) is 0 Å². The van der Waals surface area contributed by atoms with Crippen molar-refractivity contribution in [3.63, 3.8) is 0 Å². The summed E-state index contributed by atoms with van der Waals surface area (Å²) in [7, 11) is 0. The summed E-state index contributed by atoms with van der Waals surface area (Å²) >= 11 is 0. The highest BCUT2D eigenvalue weighted by molar-refractivity contribution is 5.81. The highest BCUT2D eigenvalue weighted by Gasteiger charge is 2.50. The fourth-order valence-electron chi connectivity index (χ4n) is 4.43. The molecule has 0 aromatic heterocycles. The predicted octanol–water partition coefficient (Wildman–Crippen LogP) is 5.13. The molecule has 1 heterocycles. The summed E-state index contributed by atoms with van der Waals surface area (Å²) in [6.45, 7) is 3.31. The van der Waals surface area contributed by atoms with Crippen molar-refractivity contribution in [2.45, 2.75) is 57.8 Å². The van der Waals surface area contributed by atoms with E-state index in [4.69, 9.17) is 9.47 Å². The first-order chi connectivity index (χ1) is 13.9. The molecular formula is C24H25FO4. The van der Waals surface area contributed by atoms with Crippen LogP contribution in [-0.2, 0) is 14.3 Å². The number of benzene rings is 2. The molecule has 0 saturated heterocycles. The van der Waals surface area contributed by atoms with Crippen molar-refractivity contribution in [1.82, 2.24) is 0 Å². The number of aliphatic hydroxyl groups excluding tert-OH is 1. The highest BCUT2D eigenvalue weighted by Crippen LogP contribution is 2.49. The number of rotatable bonds is 3. The first-order valence-corrected chi connectivity index (χ1v) is 10.1. The second-order valence-electron chi connectivity index (χ2n) is 7.90. The molecule has 152 valence electrons. The molecule has 1 aliphatic carbocycles. The van der Waals surface area contributed by atoms with Crippen molar-refractivity contribution in [2.24, 2.45) is 0 Å². The summed E-state index contributed by atoms with van der Waals surface area (Å²) in [5, 5.41) is 10.8. The van der Waals surface area contributed by atoms with Gasteiger partial charge in [-0.25, -0.2) is 4.39 Å². The summed E-state index contributed by atoms with van der Waals surface area (Å²) < 4.78 is 25.0. The van der Waals surface area contributed by atoms with Crippen LogP contribution in [0.15, 0.2) is 48.2 Å². The lowest BCUT2D eigenvalue weighted by Crippen LogP contribution is -2.36. The van der Waals surface area contributed by atoms with E-state index in [9.17, 15) is 14.3 Å². The van der Waals surface area contributed by atoms with E-state index in [0.29, 0.717) is 24.2 Å². The number of carbonyl (C=O) groups excluding carboxylic acids is 1. The number of hydrogen-bond donors (Lipinski definition) is 1. The molecule has 4 rings (SSSR count). The normalized spacial score (nSPS) is 20.9. The van der Waals surface area contributed by atoms with E-state index in [0.717, 1.165) is 41.5 Å². The number of halogens is 1. The Bertz CT molecular complexity index is 955. The molecule has 4 nitrogen and oxygen atoms in total. The average molecular weight is 396 g/mol. The monoisotopic (exact) mass is 396 g/mol. The highest BCUT2D eigenvalue weighted by atomic mass is 19.1. The summed E-state index contributed by atoms with van der Waals surface area (Å²) in [4.78, 5) is 11.9. The number of hydrogen-bond acceptors (Lipinski definition) is 4. The Morgan fingerprint density at radius 1 is 1.10 bits per heavy atom. The van der Waals surface area contributed by atoms with Crippen LogP contribution in [0.2, 0.25) is 0 Å². The van der Waals surface area contributed by atoms with Crippen LogP contribution in [0.3, 0.4) is 0 Å². The van der Waals surface area contributed by atoms with Crippen LogP contribution in [0.25, 0.3) is 16.7 Å². The third-order valence-electron chi connectivity index (χ3n) is 5.85. The van der Waals surface area contributed by atoms with Gasteiger partial charge in [-0.3, -0.25) is 4.79 Å². The standard InChI is InChI=1S/C24H25FO4/c1-15-6-7-18(17-8-10-19(25)11-9-17)14-20(15)21-22(28-16(2)26)24(29-23(21)27)12-4-3-5-13-24/h6-11,14,23,27H,3-5,12-13H2,1-2H3. The lowest BCUT2D eigenvalue weighted by atomic mass is 9.82. The Balaban J connectivity index is 1.85.